The van der Waals surface area contributed by atoms with Crippen LogP contribution in [0.25, 0.3) is 10.8 Å². The first-order valence-electron chi connectivity index (χ1n) is 6.52. The van der Waals surface area contributed by atoms with E-state index in [0.717, 1.165) is 22.1 Å². The molecular weight excluding hydrogens is 274 g/mol. The van der Waals surface area contributed by atoms with Gasteiger partial charge < -0.3 is 10.5 Å². The number of sulfone groups is 1. The lowest BCUT2D eigenvalue weighted by Gasteiger charge is -2.13. The van der Waals surface area contributed by atoms with E-state index in [0.29, 0.717) is 19.6 Å². The Bertz CT molecular complexity index is 695. The molecule has 0 bridgehead atoms. The molecule has 0 atom stereocenters. The highest BCUT2D eigenvalue weighted by molar-refractivity contribution is 7.90. The first-order valence-corrected chi connectivity index (χ1v) is 8.58. The highest BCUT2D eigenvalue weighted by Gasteiger charge is 2.08. The number of benzene rings is 2. The number of hydrogen-bond donors (Lipinski definition) is 1. The van der Waals surface area contributed by atoms with Crippen LogP contribution in [0.15, 0.2) is 36.4 Å². The Morgan fingerprint density at radius 2 is 1.90 bits per heavy atom. The molecule has 0 aromatic heterocycles. The molecule has 0 heterocycles. The molecule has 108 valence electrons. The fraction of sp³-hybridized carbons (Fsp3) is 0.333. The summed E-state index contributed by atoms with van der Waals surface area (Å²) in [5.74, 6) is 0.873. The summed E-state index contributed by atoms with van der Waals surface area (Å²) in [6.45, 7) is 0.765. The molecule has 0 aliphatic heterocycles. The Morgan fingerprint density at radius 1 is 1.15 bits per heavy atom. The molecule has 0 radical (unpaired) electrons. The van der Waals surface area contributed by atoms with Crippen LogP contribution in [-0.2, 0) is 16.4 Å². The molecule has 2 N–H and O–H groups in total. The second-order valence-corrected chi connectivity index (χ2v) is 7.06. The normalized spacial score (nSPS) is 11.7. The zero-order valence-electron chi connectivity index (χ0n) is 11.5. The van der Waals surface area contributed by atoms with Crippen molar-refractivity contribution in [3.63, 3.8) is 0 Å². The molecule has 0 aliphatic rings. The molecule has 5 heteroatoms. The van der Waals surface area contributed by atoms with E-state index in [1.54, 1.807) is 0 Å². The molecule has 0 saturated carbocycles. The van der Waals surface area contributed by atoms with Crippen molar-refractivity contribution in [3.05, 3.63) is 42.0 Å². The van der Waals surface area contributed by atoms with E-state index in [2.05, 4.69) is 0 Å². The van der Waals surface area contributed by atoms with Gasteiger partial charge in [-0.3, -0.25) is 0 Å². The zero-order valence-corrected chi connectivity index (χ0v) is 12.3. The second-order valence-electron chi connectivity index (χ2n) is 4.80. The van der Waals surface area contributed by atoms with Gasteiger partial charge in [0.25, 0.3) is 0 Å². The highest BCUT2D eigenvalue weighted by Crippen LogP contribution is 2.27. The van der Waals surface area contributed by atoms with E-state index >= 15 is 0 Å². The van der Waals surface area contributed by atoms with Crippen LogP contribution in [0.1, 0.15) is 12.0 Å². The first-order chi connectivity index (χ1) is 9.51. The molecular formula is C15H19NO3S. The zero-order chi connectivity index (χ0) is 14.6. The standard InChI is InChI=1S/C15H19NO3S/c1-20(17,18)10-4-9-19-15-8-7-12-5-2-3-6-13(12)14(15)11-16/h2-3,5-8H,4,9-11,16H2,1H3. The summed E-state index contributed by atoms with van der Waals surface area (Å²) in [5.41, 5.74) is 6.77. The highest BCUT2D eigenvalue weighted by atomic mass is 32.2. The van der Waals surface area contributed by atoms with Gasteiger partial charge in [-0.25, -0.2) is 8.42 Å². The average molecular weight is 293 g/mol. The van der Waals surface area contributed by atoms with Gasteiger partial charge in [-0.15, -0.1) is 0 Å². The summed E-state index contributed by atoms with van der Waals surface area (Å²) in [6.07, 6.45) is 1.71. The van der Waals surface area contributed by atoms with E-state index in [4.69, 9.17) is 10.5 Å². The monoisotopic (exact) mass is 293 g/mol. The van der Waals surface area contributed by atoms with Crippen molar-refractivity contribution < 1.29 is 13.2 Å². The minimum absolute atomic E-state index is 0.137. The Hall–Kier alpha value is -1.59. The van der Waals surface area contributed by atoms with Gasteiger partial charge in [0.05, 0.1) is 12.4 Å². The summed E-state index contributed by atoms with van der Waals surface area (Å²) >= 11 is 0. The molecule has 0 unspecified atom stereocenters. The SMILES string of the molecule is CS(=O)(=O)CCCOc1ccc2ccccc2c1CN. The summed E-state index contributed by atoms with van der Waals surface area (Å²) in [5, 5.41) is 2.20. The lowest BCUT2D eigenvalue weighted by molar-refractivity contribution is 0.315. The van der Waals surface area contributed by atoms with Gasteiger partial charge in [0.15, 0.2) is 0 Å². The van der Waals surface area contributed by atoms with Crippen LogP contribution < -0.4 is 10.5 Å². The summed E-state index contributed by atoms with van der Waals surface area (Å²) < 4.78 is 27.8. The van der Waals surface area contributed by atoms with Crippen molar-refractivity contribution >= 4 is 20.6 Å². The topological polar surface area (TPSA) is 69.4 Å². The molecule has 2 aromatic carbocycles. The summed E-state index contributed by atoms with van der Waals surface area (Å²) in [4.78, 5) is 0. The van der Waals surface area contributed by atoms with E-state index in [1.165, 1.54) is 6.26 Å². The molecule has 0 saturated heterocycles. The minimum Gasteiger partial charge on any atom is -0.493 e. The molecule has 0 spiro atoms. The fourth-order valence-corrected chi connectivity index (χ4v) is 2.81. The van der Waals surface area contributed by atoms with Gasteiger partial charge in [0, 0.05) is 18.4 Å². The maximum atomic E-state index is 11.1. The average Bonchev–Trinajstić information content (AvgIpc) is 2.42. The van der Waals surface area contributed by atoms with Crippen LogP contribution in [-0.4, -0.2) is 27.0 Å². The third-order valence-electron chi connectivity index (χ3n) is 3.12. The molecule has 0 aliphatic carbocycles. The van der Waals surface area contributed by atoms with Crippen molar-refractivity contribution in [2.45, 2.75) is 13.0 Å². The van der Waals surface area contributed by atoms with Crippen molar-refractivity contribution in [2.75, 3.05) is 18.6 Å². The van der Waals surface area contributed by atoms with E-state index < -0.39 is 9.84 Å². The van der Waals surface area contributed by atoms with Crippen LogP contribution >= 0.6 is 0 Å². The second kappa shape index (κ2) is 6.24. The van der Waals surface area contributed by atoms with Crippen molar-refractivity contribution in [1.82, 2.24) is 0 Å². The van der Waals surface area contributed by atoms with Crippen LogP contribution in [0.5, 0.6) is 5.75 Å². The van der Waals surface area contributed by atoms with Gasteiger partial charge >= 0.3 is 0 Å². The van der Waals surface area contributed by atoms with Gasteiger partial charge in [-0.1, -0.05) is 30.3 Å². The number of hydrogen-bond acceptors (Lipinski definition) is 4. The van der Waals surface area contributed by atoms with E-state index in [-0.39, 0.29) is 5.75 Å². The van der Waals surface area contributed by atoms with Crippen LogP contribution in [0.4, 0.5) is 0 Å². The third-order valence-corrected chi connectivity index (χ3v) is 4.15. The third kappa shape index (κ3) is 3.71. The van der Waals surface area contributed by atoms with Crippen molar-refractivity contribution in [3.8, 4) is 5.75 Å². The van der Waals surface area contributed by atoms with Gasteiger partial charge in [-0.05, 0) is 23.3 Å². The Morgan fingerprint density at radius 3 is 2.60 bits per heavy atom. The Labute approximate surface area is 119 Å². The van der Waals surface area contributed by atoms with Gasteiger partial charge in [0.1, 0.15) is 15.6 Å². The lowest BCUT2D eigenvalue weighted by Crippen LogP contribution is -2.09. The Balaban J connectivity index is 2.14. The lowest BCUT2D eigenvalue weighted by atomic mass is 10.0. The maximum absolute atomic E-state index is 11.1. The first kappa shape index (κ1) is 14.8. The number of ether oxygens (including phenoxy) is 1. The molecule has 2 aromatic rings. The van der Waals surface area contributed by atoms with Crippen molar-refractivity contribution in [1.29, 1.82) is 0 Å². The van der Waals surface area contributed by atoms with E-state index in [1.807, 2.05) is 36.4 Å². The molecule has 20 heavy (non-hydrogen) atoms. The predicted octanol–water partition coefficient (Wildman–Crippen LogP) is 2.11. The smallest absolute Gasteiger partial charge is 0.147 e. The molecule has 0 amide bonds. The number of rotatable bonds is 6. The van der Waals surface area contributed by atoms with E-state index in [9.17, 15) is 8.42 Å². The number of fused-ring (bicyclic) bond motifs is 1. The summed E-state index contributed by atoms with van der Waals surface area (Å²) in [7, 11) is -2.93. The molecule has 2 rings (SSSR count). The largest absolute Gasteiger partial charge is 0.493 e. The van der Waals surface area contributed by atoms with Gasteiger partial charge in [0.2, 0.25) is 0 Å². The number of nitrogens with two attached hydrogens (primary N) is 1. The minimum atomic E-state index is -2.93. The van der Waals surface area contributed by atoms with Crippen LogP contribution in [0, 0.1) is 0 Å². The Kier molecular flexibility index (Phi) is 4.62. The van der Waals surface area contributed by atoms with Crippen LogP contribution in [0.2, 0.25) is 0 Å². The van der Waals surface area contributed by atoms with Crippen molar-refractivity contribution in [2.24, 2.45) is 5.73 Å². The predicted molar refractivity (Wildman–Crippen MR) is 81.7 cm³/mol. The molecule has 4 nitrogen and oxygen atoms in total. The quantitative estimate of drug-likeness (QED) is 0.828. The van der Waals surface area contributed by atoms with Gasteiger partial charge in [-0.2, -0.15) is 0 Å². The summed E-state index contributed by atoms with van der Waals surface area (Å²) in [6, 6.07) is 11.9. The molecule has 0 fully saturated rings. The van der Waals surface area contributed by atoms with Crippen LogP contribution in [0.3, 0.4) is 0 Å². The maximum Gasteiger partial charge on any atom is 0.147 e. The fourth-order valence-electron chi connectivity index (χ4n) is 2.16.